The molecule has 6 heteroatoms. The molecule has 0 unspecified atom stereocenters. The SMILES string of the molecule is CC1CCN(S(=O)(=O)NCCBr)CC1. The average molecular weight is 285 g/mol. The van der Waals surface area contributed by atoms with Crippen LogP contribution >= 0.6 is 15.9 Å². The molecule has 0 spiro atoms. The first-order valence-electron chi connectivity index (χ1n) is 4.87. The smallest absolute Gasteiger partial charge is 0.201 e. The topological polar surface area (TPSA) is 49.4 Å². The molecule has 0 atom stereocenters. The quantitative estimate of drug-likeness (QED) is 0.782. The number of alkyl halides is 1. The Balaban J connectivity index is 2.47. The molecule has 1 fully saturated rings. The Bertz CT molecular complexity index is 261. The molecule has 1 aliphatic heterocycles. The molecule has 1 aliphatic rings. The van der Waals surface area contributed by atoms with Gasteiger partial charge in [-0.25, -0.2) is 4.72 Å². The first kappa shape index (κ1) is 12.4. The van der Waals surface area contributed by atoms with Gasteiger partial charge in [0.1, 0.15) is 0 Å². The molecule has 0 radical (unpaired) electrons. The molecule has 0 amide bonds. The number of halogens is 1. The van der Waals surface area contributed by atoms with Crippen LogP contribution < -0.4 is 4.72 Å². The van der Waals surface area contributed by atoms with Crippen molar-refractivity contribution in [1.82, 2.24) is 9.03 Å². The Morgan fingerprint density at radius 3 is 2.50 bits per heavy atom. The van der Waals surface area contributed by atoms with Crippen LogP contribution in [0.3, 0.4) is 0 Å². The highest BCUT2D eigenvalue weighted by Gasteiger charge is 2.25. The predicted molar refractivity (Wildman–Crippen MR) is 60.7 cm³/mol. The van der Waals surface area contributed by atoms with Crippen molar-refractivity contribution in [3.8, 4) is 0 Å². The van der Waals surface area contributed by atoms with Gasteiger partial charge in [0, 0.05) is 25.0 Å². The van der Waals surface area contributed by atoms with Gasteiger partial charge in [-0.15, -0.1) is 0 Å². The van der Waals surface area contributed by atoms with Crippen molar-refractivity contribution in [3.63, 3.8) is 0 Å². The van der Waals surface area contributed by atoms with E-state index in [0.717, 1.165) is 12.8 Å². The van der Waals surface area contributed by atoms with Crippen LogP contribution in [-0.2, 0) is 10.2 Å². The minimum absolute atomic E-state index is 0.453. The summed E-state index contributed by atoms with van der Waals surface area (Å²) in [4.78, 5) is 0. The van der Waals surface area contributed by atoms with Crippen LogP contribution in [0.2, 0.25) is 0 Å². The third kappa shape index (κ3) is 3.49. The number of nitrogens with one attached hydrogen (secondary N) is 1. The third-order valence-electron chi connectivity index (χ3n) is 2.46. The molecule has 1 N–H and O–H groups in total. The maximum Gasteiger partial charge on any atom is 0.279 e. The Morgan fingerprint density at radius 1 is 1.43 bits per heavy atom. The Labute approximate surface area is 94.4 Å². The monoisotopic (exact) mass is 284 g/mol. The lowest BCUT2D eigenvalue weighted by Gasteiger charge is -2.29. The second-order valence-electron chi connectivity index (χ2n) is 3.67. The Morgan fingerprint density at radius 2 is 2.00 bits per heavy atom. The zero-order chi connectivity index (χ0) is 10.6. The normalized spacial score (nSPS) is 21.3. The van der Waals surface area contributed by atoms with E-state index >= 15 is 0 Å². The largest absolute Gasteiger partial charge is 0.279 e. The summed E-state index contributed by atoms with van der Waals surface area (Å²) in [6.07, 6.45) is 1.93. The van der Waals surface area contributed by atoms with Crippen molar-refractivity contribution in [2.75, 3.05) is 25.0 Å². The summed E-state index contributed by atoms with van der Waals surface area (Å²) < 4.78 is 27.4. The number of rotatable bonds is 4. The molecule has 0 saturated carbocycles. The molecule has 0 bridgehead atoms. The lowest BCUT2D eigenvalue weighted by atomic mass is 10.0. The summed E-state index contributed by atoms with van der Waals surface area (Å²) in [5, 5.41) is 0.649. The van der Waals surface area contributed by atoms with Gasteiger partial charge in [0.05, 0.1) is 0 Å². The van der Waals surface area contributed by atoms with Gasteiger partial charge in [0.25, 0.3) is 10.2 Å². The second kappa shape index (κ2) is 5.44. The number of piperidine rings is 1. The van der Waals surface area contributed by atoms with E-state index in [2.05, 4.69) is 27.6 Å². The summed E-state index contributed by atoms with van der Waals surface area (Å²) in [6.45, 7) is 3.92. The van der Waals surface area contributed by atoms with Gasteiger partial charge < -0.3 is 0 Å². The van der Waals surface area contributed by atoms with Gasteiger partial charge >= 0.3 is 0 Å². The molecule has 1 heterocycles. The maximum absolute atomic E-state index is 11.6. The van der Waals surface area contributed by atoms with Gasteiger partial charge in [0.15, 0.2) is 0 Å². The average Bonchev–Trinajstić information content (AvgIpc) is 2.16. The molecule has 0 aromatic heterocycles. The Kier molecular flexibility index (Phi) is 4.82. The van der Waals surface area contributed by atoms with E-state index in [1.807, 2.05) is 0 Å². The first-order chi connectivity index (χ1) is 6.56. The predicted octanol–water partition coefficient (Wildman–Crippen LogP) is 0.948. The highest BCUT2D eigenvalue weighted by Crippen LogP contribution is 2.17. The summed E-state index contributed by atoms with van der Waals surface area (Å²) in [7, 11) is -3.22. The number of nitrogens with zero attached hydrogens (tertiary/aromatic N) is 1. The minimum Gasteiger partial charge on any atom is -0.201 e. The van der Waals surface area contributed by atoms with Gasteiger partial charge in [-0.3, -0.25) is 0 Å². The van der Waals surface area contributed by atoms with Gasteiger partial charge in [-0.1, -0.05) is 22.9 Å². The summed E-state index contributed by atoms with van der Waals surface area (Å²) in [6, 6.07) is 0. The van der Waals surface area contributed by atoms with Crippen molar-refractivity contribution in [2.24, 2.45) is 5.92 Å². The van der Waals surface area contributed by atoms with E-state index < -0.39 is 10.2 Å². The molecule has 1 saturated heterocycles. The zero-order valence-corrected chi connectivity index (χ0v) is 10.8. The Hall–Kier alpha value is 0.350. The third-order valence-corrected chi connectivity index (χ3v) is 4.47. The fraction of sp³-hybridized carbons (Fsp3) is 1.00. The highest BCUT2D eigenvalue weighted by atomic mass is 79.9. The fourth-order valence-corrected chi connectivity index (χ4v) is 3.18. The van der Waals surface area contributed by atoms with Crippen LogP contribution in [-0.4, -0.2) is 37.7 Å². The molecular formula is C8H17BrN2O2S. The lowest BCUT2D eigenvalue weighted by molar-refractivity contribution is 0.285. The summed E-state index contributed by atoms with van der Waals surface area (Å²) in [5.74, 6) is 0.651. The second-order valence-corrected chi connectivity index (χ2v) is 6.22. The number of hydrogen-bond acceptors (Lipinski definition) is 2. The molecule has 1 rings (SSSR count). The zero-order valence-electron chi connectivity index (χ0n) is 8.37. The van der Waals surface area contributed by atoms with Gasteiger partial charge in [-0.05, 0) is 18.8 Å². The van der Waals surface area contributed by atoms with E-state index in [0.29, 0.717) is 30.9 Å². The summed E-state index contributed by atoms with van der Waals surface area (Å²) in [5.41, 5.74) is 0. The van der Waals surface area contributed by atoms with Crippen molar-refractivity contribution in [2.45, 2.75) is 19.8 Å². The number of hydrogen-bond donors (Lipinski definition) is 1. The minimum atomic E-state index is -3.22. The van der Waals surface area contributed by atoms with Crippen molar-refractivity contribution in [1.29, 1.82) is 0 Å². The van der Waals surface area contributed by atoms with E-state index in [1.165, 1.54) is 4.31 Å². The van der Waals surface area contributed by atoms with Crippen molar-refractivity contribution < 1.29 is 8.42 Å². The first-order valence-corrected chi connectivity index (χ1v) is 7.43. The van der Waals surface area contributed by atoms with Crippen LogP contribution in [0.15, 0.2) is 0 Å². The molecule has 14 heavy (non-hydrogen) atoms. The molecule has 4 nitrogen and oxygen atoms in total. The molecule has 0 aromatic carbocycles. The van der Waals surface area contributed by atoms with Gasteiger partial charge in [-0.2, -0.15) is 12.7 Å². The summed E-state index contributed by atoms with van der Waals surface area (Å²) >= 11 is 3.19. The molecule has 0 aromatic rings. The van der Waals surface area contributed by atoms with Crippen LogP contribution in [0.4, 0.5) is 0 Å². The van der Waals surface area contributed by atoms with E-state index in [9.17, 15) is 8.42 Å². The molecule has 84 valence electrons. The maximum atomic E-state index is 11.6. The molecule has 0 aliphatic carbocycles. The van der Waals surface area contributed by atoms with E-state index in [4.69, 9.17) is 0 Å². The van der Waals surface area contributed by atoms with Crippen LogP contribution in [0.1, 0.15) is 19.8 Å². The van der Waals surface area contributed by atoms with Crippen molar-refractivity contribution >= 4 is 26.1 Å². The molecular weight excluding hydrogens is 268 g/mol. The van der Waals surface area contributed by atoms with Crippen molar-refractivity contribution in [3.05, 3.63) is 0 Å². The highest BCUT2D eigenvalue weighted by molar-refractivity contribution is 9.09. The lowest BCUT2D eigenvalue weighted by Crippen LogP contribution is -2.45. The standard InChI is InChI=1S/C8H17BrN2O2S/c1-8-2-6-11(7-3-8)14(12,13)10-5-4-9/h8,10H,2-7H2,1H3. The van der Waals surface area contributed by atoms with Crippen LogP contribution in [0.5, 0.6) is 0 Å². The van der Waals surface area contributed by atoms with E-state index in [-0.39, 0.29) is 0 Å². The van der Waals surface area contributed by atoms with Crippen LogP contribution in [0, 0.1) is 5.92 Å². The van der Waals surface area contributed by atoms with E-state index in [1.54, 1.807) is 0 Å². The van der Waals surface area contributed by atoms with Gasteiger partial charge in [0.2, 0.25) is 0 Å². The fourth-order valence-electron chi connectivity index (χ4n) is 1.48. The van der Waals surface area contributed by atoms with Crippen LogP contribution in [0.25, 0.3) is 0 Å².